The monoisotopic (exact) mass is 459 g/mol. The maximum absolute atomic E-state index is 12.3. The summed E-state index contributed by atoms with van der Waals surface area (Å²) in [6, 6.07) is 13.9. The van der Waals surface area contributed by atoms with Crippen molar-refractivity contribution in [2.24, 2.45) is 0 Å². The van der Waals surface area contributed by atoms with Crippen LogP contribution in [0.15, 0.2) is 53.0 Å². The van der Waals surface area contributed by atoms with Crippen LogP contribution in [-0.2, 0) is 14.3 Å². The van der Waals surface area contributed by atoms with Crippen LogP contribution < -0.4 is 16.0 Å². The smallest absolute Gasteiger partial charge is 0.253 e. The van der Waals surface area contributed by atoms with Gasteiger partial charge in [-0.2, -0.15) is 0 Å². The van der Waals surface area contributed by atoms with Crippen LogP contribution in [0.5, 0.6) is 0 Å². The van der Waals surface area contributed by atoms with Gasteiger partial charge in [0.15, 0.2) is 0 Å². The lowest BCUT2D eigenvalue weighted by molar-refractivity contribution is -0.124. The Labute approximate surface area is 177 Å². The molecule has 1 saturated heterocycles. The molecular formula is C21H22BrN3O4. The van der Waals surface area contributed by atoms with Gasteiger partial charge in [0, 0.05) is 41.0 Å². The third kappa shape index (κ3) is 6.40. The van der Waals surface area contributed by atoms with Crippen molar-refractivity contribution in [3.8, 4) is 0 Å². The highest BCUT2D eigenvalue weighted by atomic mass is 79.9. The molecule has 7 nitrogen and oxygen atoms in total. The van der Waals surface area contributed by atoms with Crippen molar-refractivity contribution in [1.29, 1.82) is 0 Å². The van der Waals surface area contributed by atoms with Crippen LogP contribution in [0.1, 0.15) is 29.6 Å². The van der Waals surface area contributed by atoms with E-state index in [1.54, 1.807) is 36.4 Å². The van der Waals surface area contributed by atoms with Gasteiger partial charge >= 0.3 is 0 Å². The van der Waals surface area contributed by atoms with Crippen LogP contribution in [0.4, 0.5) is 11.4 Å². The largest absolute Gasteiger partial charge is 0.368 e. The first-order valence-corrected chi connectivity index (χ1v) is 10.2. The van der Waals surface area contributed by atoms with Gasteiger partial charge in [-0.25, -0.2) is 0 Å². The van der Waals surface area contributed by atoms with Crippen molar-refractivity contribution < 1.29 is 19.1 Å². The second-order valence-electron chi connectivity index (χ2n) is 6.63. The van der Waals surface area contributed by atoms with Gasteiger partial charge in [0.2, 0.25) is 5.91 Å². The number of ether oxygens (including phenoxy) is 1. The zero-order valence-electron chi connectivity index (χ0n) is 15.7. The fourth-order valence-electron chi connectivity index (χ4n) is 2.89. The SMILES string of the molecule is O=C(CCNC(=O)c1cccc(NC(=O)C2CCCO2)c1)Nc1ccc(Br)cc1. The highest BCUT2D eigenvalue weighted by molar-refractivity contribution is 9.10. The first-order valence-electron chi connectivity index (χ1n) is 9.37. The van der Waals surface area contributed by atoms with Crippen LogP contribution in [0.25, 0.3) is 0 Å². The molecule has 2 aromatic rings. The Bertz CT molecular complexity index is 880. The molecule has 0 radical (unpaired) electrons. The van der Waals surface area contributed by atoms with Gasteiger partial charge in [-0.15, -0.1) is 0 Å². The molecule has 2 aromatic carbocycles. The fourth-order valence-corrected chi connectivity index (χ4v) is 3.16. The highest BCUT2D eigenvalue weighted by Gasteiger charge is 2.23. The quantitative estimate of drug-likeness (QED) is 0.591. The molecule has 0 aliphatic carbocycles. The predicted octanol–water partition coefficient (Wildman–Crippen LogP) is 3.33. The summed E-state index contributed by atoms with van der Waals surface area (Å²) in [5.74, 6) is -0.704. The molecule has 1 aliphatic rings. The number of amides is 3. The van der Waals surface area contributed by atoms with E-state index in [1.807, 2.05) is 12.1 Å². The third-order valence-electron chi connectivity index (χ3n) is 4.38. The average molecular weight is 460 g/mol. The molecule has 29 heavy (non-hydrogen) atoms. The number of hydrogen-bond acceptors (Lipinski definition) is 4. The molecule has 3 amide bonds. The van der Waals surface area contributed by atoms with E-state index < -0.39 is 6.10 Å². The van der Waals surface area contributed by atoms with E-state index in [0.717, 1.165) is 10.9 Å². The summed E-state index contributed by atoms with van der Waals surface area (Å²) in [7, 11) is 0. The Balaban J connectivity index is 1.45. The molecule has 1 unspecified atom stereocenters. The minimum absolute atomic E-state index is 0.150. The maximum Gasteiger partial charge on any atom is 0.253 e. The van der Waals surface area contributed by atoms with Gasteiger partial charge in [0.05, 0.1) is 0 Å². The van der Waals surface area contributed by atoms with Crippen molar-refractivity contribution in [3.63, 3.8) is 0 Å². The number of carbonyl (C=O) groups is 3. The molecule has 3 rings (SSSR count). The topological polar surface area (TPSA) is 96.5 Å². The van der Waals surface area contributed by atoms with E-state index in [9.17, 15) is 14.4 Å². The summed E-state index contributed by atoms with van der Waals surface area (Å²) >= 11 is 3.34. The van der Waals surface area contributed by atoms with E-state index in [1.165, 1.54) is 0 Å². The molecule has 8 heteroatoms. The van der Waals surface area contributed by atoms with Crippen molar-refractivity contribution in [2.75, 3.05) is 23.8 Å². The lowest BCUT2D eigenvalue weighted by Crippen LogP contribution is -2.28. The number of rotatable bonds is 7. The minimum atomic E-state index is -0.434. The second kappa shape index (κ2) is 10.2. The summed E-state index contributed by atoms with van der Waals surface area (Å²) in [5.41, 5.74) is 1.63. The van der Waals surface area contributed by atoms with E-state index in [0.29, 0.717) is 30.0 Å². The Morgan fingerprint density at radius 1 is 1.03 bits per heavy atom. The molecule has 1 fully saturated rings. The molecule has 1 atom stereocenters. The Kier molecular flexibility index (Phi) is 7.37. The number of anilines is 2. The molecule has 0 saturated carbocycles. The van der Waals surface area contributed by atoms with Crippen molar-refractivity contribution in [3.05, 3.63) is 58.6 Å². The summed E-state index contributed by atoms with van der Waals surface area (Å²) < 4.78 is 6.28. The summed E-state index contributed by atoms with van der Waals surface area (Å²) in [6.07, 6.45) is 1.29. The van der Waals surface area contributed by atoms with Crippen molar-refractivity contribution >= 4 is 45.0 Å². The Morgan fingerprint density at radius 2 is 1.83 bits per heavy atom. The molecular weight excluding hydrogens is 438 g/mol. The summed E-state index contributed by atoms with van der Waals surface area (Å²) in [5, 5.41) is 8.26. The number of halogens is 1. The molecule has 1 aliphatic heterocycles. The lowest BCUT2D eigenvalue weighted by Gasteiger charge is -2.11. The molecule has 3 N–H and O–H groups in total. The van der Waals surface area contributed by atoms with Crippen LogP contribution in [0, 0.1) is 0 Å². The van der Waals surface area contributed by atoms with Crippen molar-refractivity contribution in [2.45, 2.75) is 25.4 Å². The van der Waals surface area contributed by atoms with Crippen molar-refractivity contribution in [1.82, 2.24) is 5.32 Å². The standard InChI is InChI=1S/C21H22BrN3O4/c22-15-6-8-16(9-7-15)24-19(26)10-11-23-20(27)14-3-1-4-17(13-14)25-21(28)18-5-2-12-29-18/h1,3-4,6-9,13,18H,2,5,10-12H2,(H,23,27)(H,24,26)(H,25,28). The Hall–Kier alpha value is -2.71. The maximum atomic E-state index is 12.3. The van der Waals surface area contributed by atoms with Crippen LogP contribution >= 0.6 is 15.9 Å². The summed E-state index contributed by atoms with van der Waals surface area (Å²) in [4.78, 5) is 36.4. The van der Waals surface area contributed by atoms with E-state index in [2.05, 4.69) is 31.9 Å². The molecule has 0 aromatic heterocycles. The fraction of sp³-hybridized carbons (Fsp3) is 0.286. The van der Waals surface area contributed by atoms with Crippen LogP contribution in [0.2, 0.25) is 0 Å². The molecule has 0 bridgehead atoms. The predicted molar refractivity (Wildman–Crippen MR) is 114 cm³/mol. The van der Waals surface area contributed by atoms with E-state index >= 15 is 0 Å². The average Bonchev–Trinajstić information content (AvgIpc) is 3.25. The van der Waals surface area contributed by atoms with Gasteiger partial charge in [-0.3, -0.25) is 14.4 Å². The minimum Gasteiger partial charge on any atom is -0.368 e. The summed E-state index contributed by atoms with van der Waals surface area (Å²) in [6.45, 7) is 0.795. The van der Waals surface area contributed by atoms with E-state index in [-0.39, 0.29) is 30.7 Å². The number of benzene rings is 2. The molecule has 152 valence electrons. The number of hydrogen-bond donors (Lipinski definition) is 3. The second-order valence-corrected chi connectivity index (χ2v) is 7.55. The Morgan fingerprint density at radius 3 is 2.55 bits per heavy atom. The molecule has 1 heterocycles. The lowest BCUT2D eigenvalue weighted by atomic mass is 10.1. The van der Waals surface area contributed by atoms with Gasteiger partial charge in [-0.05, 0) is 55.3 Å². The van der Waals surface area contributed by atoms with Gasteiger partial charge in [0.1, 0.15) is 6.10 Å². The zero-order chi connectivity index (χ0) is 20.6. The van der Waals surface area contributed by atoms with Gasteiger partial charge in [0.25, 0.3) is 11.8 Å². The molecule has 0 spiro atoms. The number of carbonyl (C=O) groups excluding carboxylic acids is 3. The van der Waals surface area contributed by atoms with Crippen LogP contribution in [0.3, 0.4) is 0 Å². The zero-order valence-corrected chi connectivity index (χ0v) is 17.3. The highest BCUT2D eigenvalue weighted by Crippen LogP contribution is 2.17. The first-order chi connectivity index (χ1) is 14.0. The van der Waals surface area contributed by atoms with E-state index in [4.69, 9.17) is 4.74 Å². The first kappa shape index (κ1) is 21.0. The van der Waals surface area contributed by atoms with Gasteiger partial charge in [-0.1, -0.05) is 22.0 Å². The third-order valence-corrected chi connectivity index (χ3v) is 4.91. The van der Waals surface area contributed by atoms with Gasteiger partial charge < -0.3 is 20.7 Å². The van der Waals surface area contributed by atoms with Crippen LogP contribution in [-0.4, -0.2) is 37.0 Å². The number of nitrogens with one attached hydrogen (secondary N) is 3. The normalized spacial score (nSPS) is 15.6.